The van der Waals surface area contributed by atoms with Crippen molar-refractivity contribution >= 4 is 29.0 Å². The molecule has 6 heteroatoms. The fourth-order valence-electron chi connectivity index (χ4n) is 2.64. The van der Waals surface area contributed by atoms with Gasteiger partial charge in [0.2, 0.25) is 0 Å². The molecule has 21 heavy (non-hydrogen) atoms. The highest BCUT2D eigenvalue weighted by Crippen LogP contribution is 2.28. The number of nitrogens with zero attached hydrogens (tertiary/aromatic N) is 1. The van der Waals surface area contributed by atoms with Crippen LogP contribution in [0.1, 0.15) is 19.3 Å². The number of amides is 2. The quantitative estimate of drug-likeness (QED) is 0.801. The van der Waals surface area contributed by atoms with Gasteiger partial charge in [0, 0.05) is 31.6 Å². The van der Waals surface area contributed by atoms with Gasteiger partial charge in [0.05, 0.1) is 17.5 Å². The zero-order valence-electron chi connectivity index (χ0n) is 12.4. The van der Waals surface area contributed by atoms with Crippen molar-refractivity contribution in [3.05, 3.63) is 23.2 Å². The number of hydrogen-bond acceptors (Lipinski definition) is 3. The molecule has 2 atom stereocenters. The first-order chi connectivity index (χ1) is 9.97. The van der Waals surface area contributed by atoms with Crippen molar-refractivity contribution in [3.8, 4) is 0 Å². The maximum Gasteiger partial charge on any atom is 0.319 e. The van der Waals surface area contributed by atoms with E-state index < -0.39 is 0 Å². The van der Waals surface area contributed by atoms with Gasteiger partial charge in [-0.2, -0.15) is 0 Å². The SMILES string of the molecule is CN(C)c1ccc(Cl)cc1NC(=O)NCC1CCCC1O. The first kappa shape index (κ1) is 15.9. The van der Waals surface area contributed by atoms with Crippen LogP contribution in [0.4, 0.5) is 16.2 Å². The second-order valence-corrected chi connectivity index (χ2v) is 6.09. The summed E-state index contributed by atoms with van der Waals surface area (Å²) in [6.45, 7) is 0.491. The number of carbonyl (C=O) groups excluding carboxylic acids is 1. The fraction of sp³-hybridized carbons (Fsp3) is 0.533. The zero-order chi connectivity index (χ0) is 15.4. The molecule has 116 valence electrons. The van der Waals surface area contributed by atoms with Crippen molar-refractivity contribution in [2.45, 2.75) is 25.4 Å². The maximum atomic E-state index is 12.0. The summed E-state index contributed by atoms with van der Waals surface area (Å²) in [5, 5.41) is 16.0. The average Bonchev–Trinajstić information content (AvgIpc) is 2.81. The first-order valence-corrected chi connectivity index (χ1v) is 7.55. The average molecular weight is 312 g/mol. The largest absolute Gasteiger partial charge is 0.393 e. The number of aliphatic hydroxyl groups is 1. The Balaban J connectivity index is 1.94. The topological polar surface area (TPSA) is 64.6 Å². The van der Waals surface area contributed by atoms with E-state index in [0.29, 0.717) is 17.3 Å². The lowest BCUT2D eigenvalue weighted by Gasteiger charge is -2.19. The summed E-state index contributed by atoms with van der Waals surface area (Å²) in [7, 11) is 3.81. The highest BCUT2D eigenvalue weighted by molar-refractivity contribution is 6.31. The molecule has 1 aromatic rings. The smallest absolute Gasteiger partial charge is 0.319 e. The predicted octanol–water partition coefficient (Wildman–Crippen LogP) is 2.69. The number of aliphatic hydroxyl groups excluding tert-OH is 1. The van der Waals surface area contributed by atoms with E-state index >= 15 is 0 Å². The van der Waals surface area contributed by atoms with Crippen molar-refractivity contribution in [3.63, 3.8) is 0 Å². The van der Waals surface area contributed by atoms with E-state index in [2.05, 4.69) is 10.6 Å². The minimum absolute atomic E-state index is 0.156. The molecule has 0 spiro atoms. The van der Waals surface area contributed by atoms with E-state index in [-0.39, 0.29) is 18.1 Å². The number of anilines is 2. The van der Waals surface area contributed by atoms with Crippen LogP contribution in [0.2, 0.25) is 5.02 Å². The molecule has 0 aromatic heterocycles. The standard InChI is InChI=1S/C15H22ClN3O2/c1-19(2)13-7-6-11(16)8-12(13)18-15(21)17-9-10-4-3-5-14(10)20/h6-8,10,14,20H,3-5,9H2,1-2H3,(H2,17,18,21). The first-order valence-electron chi connectivity index (χ1n) is 7.17. The molecule has 2 unspecified atom stereocenters. The molecule has 0 heterocycles. The van der Waals surface area contributed by atoms with Crippen LogP contribution < -0.4 is 15.5 Å². The number of nitrogens with one attached hydrogen (secondary N) is 2. The van der Waals surface area contributed by atoms with Crippen LogP contribution in [0.25, 0.3) is 0 Å². The van der Waals surface area contributed by atoms with Gasteiger partial charge in [0.25, 0.3) is 0 Å². The lowest BCUT2D eigenvalue weighted by molar-refractivity contribution is 0.133. The van der Waals surface area contributed by atoms with E-state index in [1.165, 1.54) is 0 Å². The second kappa shape index (κ2) is 7.00. The Labute approximate surface area is 130 Å². The van der Waals surface area contributed by atoms with Gasteiger partial charge >= 0.3 is 6.03 Å². The molecule has 1 aliphatic rings. The lowest BCUT2D eigenvalue weighted by Crippen LogP contribution is -2.35. The van der Waals surface area contributed by atoms with Crippen LogP contribution in [-0.2, 0) is 0 Å². The number of halogens is 1. The minimum Gasteiger partial charge on any atom is -0.393 e. The third-order valence-corrected chi connectivity index (χ3v) is 4.07. The Hall–Kier alpha value is -1.46. The van der Waals surface area contributed by atoms with E-state index in [0.717, 1.165) is 24.9 Å². The zero-order valence-corrected chi connectivity index (χ0v) is 13.2. The third-order valence-electron chi connectivity index (χ3n) is 3.83. The van der Waals surface area contributed by atoms with E-state index in [1.54, 1.807) is 12.1 Å². The Morgan fingerprint density at radius 2 is 2.19 bits per heavy atom. The highest BCUT2D eigenvalue weighted by atomic mass is 35.5. The summed E-state index contributed by atoms with van der Waals surface area (Å²) in [5.74, 6) is 0.156. The molecule has 1 aromatic carbocycles. The van der Waals surface area contributed by atoms with Gasteiger partial charge in [-0.15, -0.1) is 0 Å². The van der Waals surface area contributed by atoms with Crippen LogP contribution in [0.15, 0.2) is 18.2 Å². The number of hydrogen-bond donors (Lipinski definition) is 3. The van der Waals surface area contributed by atoms with Gasteiger partial charge in [-0.1, -0.05) is 18.0 Å². The molecular formula is C15H22ClN3O2. The Morgan fingerprint density at radius 3 is 2.81 bits per heavy atom. The number of carbonyl (C=O) groups is 1. The normalized spacial score (nSPS) is 21.1. The van der Waals surface area contributed by atoms with Gasteiger partial charge in [-0.25, -0.2) is 4.79 Å². The van der Waals surface area contributed by atoms with Crippen LogP contribution in [-0.4, -0.2) is 37.9 Å². The molecule has 0 saturated heterocycles. The molecule has 5 nitrogen and oxygen atoms in total. The molecule has 0 aliphatic heterocycles. The number of urea groups is 1. The molecule has 1 aliphatic carbocycles. The molecular weight excluding hydrogens is 290 g/mol. The minimum atomic E-state index is -0.297. The third kappa shape index (κ3) is 4.25. The van der Waals surface area contributed by atoms with Crippen molar-refractivity contribution in [1.82, 2.24) is 5.32 Å². The van der Waals surface area contributed by atoms with Gasteiger partial charge in [0.1, 0.15) is 0 Å². The highest BCUT2D eigenvalue weighted by Gasteiger charge is 2.25. The van der Waals surface area contributed by atoms with Gasteiger partial charge in [0.15, 0.2) is 0 Å². The fourth-order valence-corrected chi connectivity index (χ4v) is 2.82. The second-order valence-electron chi connectivity index (χ2n) is 5.65. The maximum absolute atomic E-state index is 12.0. The summed E-state index contributed by atoms with van der Waals surface area (Å²) in [4.78, 5) is 13.9. The van der Waals surface area contributed by atoms with E-state index in [1.807, 2.05) is 25.1 Å². The molecule has 1 fully saturated rings. The van der Waals surface area contributed by atoms with Crippen molar-refractivity contribution in [2.75, 3.05) is 30.9 Å². The van der Waals surface area contributed by atoms with Crippen molar-refractivity contribution in [1.29, 1.82) is 0 Å². The molecule has 3 N–H and O–H groups in total. The Morgan fingerprint density at radius 1 is 1.43 bits per heavy atom. The van der Waals surface area contributed by atoms with Crippen molar-refractivity contribution < 1.29 is 9.90 Å². The number of benzene rings is 1. The molecule has 0 radical (unpaired) electrons. The predicted molar refractivity (Wildman–Crippen MR) is 86.1 cm³/mol. The van der Waals surface area contributed by atoms with Crippen LogP contribution in [0, 0.1) is 5.92 Å². The summed E-state index contributed by atoms with van der Waals surface area (Å²) in [6, 6.07) is 5.09. The summed E-state index contributed by atoms with van der Waals surface area (Å²) < 4.78 is 0. The monoisotopic (exact) mass is 311 g/mol. The Bertz CT molecular complexity index is 508. The van der Waals surface area contributed by atoms with Gasteiger partial charge in [-0.3, -0.25) is 0 Å². The lowest BCUT2D eigenvalue weighted by atomic mass is 10.1. The van der Waals surface area contributed by atoms with E-state index in [9.17, 15) is 9.90 Å². The van der Waals surface area contributed by atoms with Gasteiger partial charge in [-0.05, 0) is 31.0 Å². The van der Waals surface area contributed by atoms with Crippen molar-refractivity contribution in [2.24, 2.45) is 5.92 Å². The summed E-state index contributed by atoms with van der Waals surface area (Å²) in [6.07, 6.45) is 2.51. The summed E-state index contributed by atoms with van der Waals surface area (Å²) >= 11 is 5.98. The van der Waals surface area contributed by atoms with Crippen LogP contribution >= 0.6 is 11.6 Å². The molecule has 1 saturated carbocycles. The van der Waals surface area contributed by atoms with E-state index in [4.69, 9.17) is 11.6 Å². The van der Waals surface area contributed by atoms with Crippen LogP contribution in [0.5, 0.6) is 0 Å². The molecule has 2 amide bonds. The summed E-state index contributed by atoms with van der Waals surface area (Å²) in [5.41, 5.74) is 1.55. The molecule has 2 rings (SSSR count). The van der Waals surface area contributed by atoms with Gasteiger partial charge < -0.3 is 20.6 Å². The number of rotatable bonds is 4. The van der Waals surface area contributed by atoms with Crippen LogP contribution in [0.3, 0.4) is 0 Å². The Kier molecular flexibility index (Phi) is 5.31. The molecule has 0 bridgehead atoms.